The summed E-state index contributed by atoms with van der Waals surface area (Å²) in [5, 5.41) is 6.33. The quantitative estimate of drug-likeness (QED) is 0.808. The van der Waals surface area contributed by atoms with Gasteiger partial charge < -0.3 is 5.32 Å². The van der Waals surface area contributed by atoms with Crippen LogP contribution in [0.1, 0.15) is 25.1 Å². The molecule has 2 nitrogen and oxygen atoms in total. The van der Waals surface area contributed by atoms with Crippen LogP contribution in [0, 0.1) is 12.8 Å². The Balaban J connectivity index is 2.10. The minimum Gasteiger partial charge on any atom is -0.312 e. The lowest BCUT2D eigenvalue weighted by Gasteiger charge is -2.11. The molecule has 20 heavy (non-hydrogen) atoms. The monoisotopic (exact) mass is 326 g/mol. The van der Waals surface area contributed by atoms with Crippen LogP contribution in [0.5, 0.6) is 0 Å². The molecule has 0 unspecified atom stereocenters. The summed E-state index contributed by atoms with van der Waals surface area (Å²) in [6, 6.07) is 6.06. The van der Waals surface area contributed by atoms with Crippen molar-refractivity contribution in [2.24, 2.45) is 5.92 Å². The Labute approximate surface area is 134 Å². The third-order valence-corrected chi connectivity index (χ3v) is 5.10. The number of halogens is 1. The first-order chi connectivity index (χ1) is 9.54. The predicted octanol–water partition coefficient (Wildman–Crippen LogP) is 5.00. The van der Waals surface area contributed by atoms with Crippen LogP contribution in [0.25, 0.3) is 0 Å². The Morgan fingerprint density at radius 2 is 2.20 bits per heavy atom. The maximum atomic E-state index is 6.12. The van der Waals surface area contributed by atoms with Gasteiger partial charge in [-0.2, -0.15) is 0 Å². The van der Waals surface area contributed by atoms with Crippen molar-refractivity contribution < 1.29 is 0 Å². The molecule has 0 saturated carbocycles. The molecule has 1 aromatic carbocycles. The van der Waals surface area contributed by atoms with Crippen molar-refractivity contribution in [1.29, 1.82) is 0 Å². The van der Waals surface area contributed by atoms with Gasteiger partial charge in [0.15, 0.2) is 4.34 Å². The summed E-state index contributed by atoms with van der Waals surface area (Å²) in [5.41, 5.74) is 2.31. The molecule has 1 N–H and O–H groups in total. The zero-order chi connectivity index (χ0) is 14.5. The molecule has 0 fully saturated rings. The summed E-state index contributed by atoms with van der Waals surface area (Å²) in [6.07, 6.45) is 0. The Morgan fingerprint density at radius 3 is 2.85 bits per heavy atom. The first-order valence-electron chi connectivity index (χ1n) is 6.63. The highest BCUT2D eigenvalue weighted by Gasteiger charge is 2.08. The number of aromatic nitrogens is 1. The average molecular weight is 327 g/mol. The normalized spacial score (nSPS) is 11.2. The van der Waals surface area contributed by atoms with Crippen molar-refractivity contribution in [1.82, 2.24) is 10.3 Å². The van der Waals surface area contributed by atoms with Gasteiger partial charge in [-0.3, -0.25) is 0 Å². The van der Waals surface area contributed by atoms with E-state index >= 15 is 0 Å². The van der Waals surface area contributed by atoms with Crippen molar-refractivity contribution in [3.8, 4) is 0 Å². The number of thiazole rings is 1. The van der Waals surface area contributed by atoms with Crippen molar-refractivity contribution in [3.63, 3.8) is 0 Å². The van der Waals surface area contributed by atoms with Crippen LogP contribution in [0.4, 0.5) is 0 Å². The van der Waals surface area contributed by atoms with E-state index in [2.05, 4.69) is 35.6 Å². The first kappa shape index (κ1) is 15.8. The second-order valence-electron chi connectivity index (χ2n) is 5.13. The Kier molecular flexibility index (Phi) is 5.90. The molecule has 2 rings (SSSR count). The molecule has 0 spiro atoms. The summed E-state index contributed by atoms with van der Waals surface area (Å²) < 4.78 is 1.08. The van der Waals surface area contributed by atoms with Gasteiger partial charge in [0, 0.05) is 27.5 Å². The lowest BCUT2D eigenvalue weighted by molar-refractivity contribution is 0.550. The third kappa shape index (κ3) is 4.77. The lowest BCUT2D eigenvalue weighted by Crippen LogP contribution is -2.19. The van der Waals surface area contributed by atoms with Crippen molar-refractivity contribution in [2.45, 2.75) is 36.6 Å². The minimum absolute atomic E-state index is 0.645. The van der Waals surface area contributed by atoms with Gasteiger partial charge in [-0.25, -0.2) is 4.98 Å². The van der Waals surface area contributed by atoms with E-state index in [1.54, 1.807) is 23.1 Å². The van der Waals surface area contributed by atoms with Crippen LogP contribution < -0.4 is 5.32 Å². The fraction of sp³-hybridized carbons (Fsp3) is 0.400. The highest BCUT2D eigenvalue weighted by atomic mass is 35.5. The van der Waals surface area contributed by atoms with Gasteiger partial charge >= 0.3 is 0 Å². The van der Waals surface area contributed by atoms with Gasteiger partial charge in [0.05, 0.1) is 0 Å². The molecule has 2 aromatic rings. The summed E-state index contributed by atoms with van der Waals surface area (Å²) in [4.78, 5) is 5.73. The van der Waals surface area contributed by atoms with Crippen LogP contribution in [-0.2, 0) is 6.54 Å². The van der Waals surface area contributed by atoms with Crippen molar-refractivity contribution in [3.05, 3.63) is 39.9 Å². The van der Waals surface area contributed by atoms with Gasteiger partial charge in [-0.05, 0) is 43.1 Å². The zero-order valence-electron chi connectivity index (χ0n) is 11.9. The number of hydrogen-bond donors (Lipinski definition) is 1. The van der Waals surface area contributed by atoms with Crippen molar-refractivity contribution >= 4 is 34.7 Å². The lowest BCUT2D eigenvalue weighted by atomic mass is 10.2. The van der Waals surface area contributed by atoms with E-state index in [9.17, 15) is 0 Å². The van der Waals surface area contributed by atoms with E-state index in [4.69, 9.17) is 11.6 Å². The maximum Gasteiger partial charge on any atom is 0.154 e. The van der Waals surface area contributed by atoms with Gasteiger partial charge in [0.2, 0.25) is 0 Å². The molecular formula is C15H19ClN2S2. The van der Waals surface area contributed by atoms with E-state index in [0.717, 1.165) is 28.1 Å². The molecule has 108 valence electrons. The van der Waals surface area contributed by atoms with Crippen LogP contribution in [0.3, 0.4) is 0 Å². The molecule has 0 radical (unpaired) electrons. The second kappa shape index (κ2) is 7.46. The molecular weight excluding hydrogens is 308 g/mol. The summed E-state index contributed by atoms with van der Waals surface area (Å²) >= 11 is 9.51. The molecule has 0 saturated heterocycles. The van der Waals surface area contributed by atoms with E-state index in [-0.39, 0.29) is 0 Å². The van der Waals surface area contributed by atoms with E-state index in [1.165, 1.54) is 10.5 Å². The maximum absolute atomic E-state index is 6.12. The topological polar surface area (TPSA) is 24.9 Å². The smallest absolute Gasteiger partial charge is 0.154 e. The van der Waals surface area contributed by atoms with Gasteiger partial charge in [0.1, 0.15) is 0 Å². The highest BCUT2D eigenvalue weighted by molar-refractivity contribution is 8.01. The molecule has 0 bridgehead atoms. The van der Waals surface area contributed by atoms with Crippen molar-refractivity contribution in [2.75, 3.05) is 6.54 Å². The van der Waals surface area contributed by atoms with Crippen LogP contribution in [0.2, 0.25) is 5.02 Å². The number of hydrogen-bond acceptors (Lipinski definition) is 4. The van der Waals surface area contributed by atoms with Crippen LogP contribution in [-0.4, -0.2) is 11.5 Å². The largest absolute Gasteiger partial charge is 0.312 e. The van der Waals surface area contributed by atoms with E-state index in [1.807, 2.05) is 19.1 Å². The molecule has 1 heterocycles. The molecule has 0 aliphatic carbocycles. The van der Waals surface area contributed by atoms with Gasteiger partial charge in [-0.15, -0.1) is 11.3 Å². The highest BCUT2D eigenvalue weighted by Crippen LogP contribution is 2.33. The molecule has 1 aromatic heterocycles. The summed E-state index contributed by atoms with van der Waals surface area (Å²) in [7, 11) is 0. The van der Waals surface area contributed by atoms with Crippen LogP contribution in [0.15, 0.2) is 32.8 Å². The third-order valence-electron chi connectivity index (χ3n) is 2.69. The first-order valence-corrected chi connectivity index (χ1v) is 8.71. The van der Waals surface area contributed by atoms with E-state index < -0.39 is 0 Å². The van der Waals surface area contributed by atoms with E-state index in [0.29, 0.717) is 5.92 Å². The van der Waals surface area contributed by atoms with Crippen LogP contribution >= 0.6 is 34.7 Å². The van der Waals surface area contributed by atoms with Gasteiger partial charge in [0.25, 0.3) is 0 Å². The number of aryl methyl sites for hydroxylation is 1. The number of nitrogens with zero attached hydrogens (tertiary/aromatic N) is 1. The van der Waals surface area contributed by atoms with Gasteiger partial charge in [-0.1, -0.05) is 37.2 Å². The fourth-order valence-corrected chi connectivity index (χ4v) is 3.85. The molecule has 0 aliphatic rings. The average Bonchev–Trinajstić information content (AvgIpc) is 2.78. The minimum atomic E-state index is 0.645. The molecule has 5 heteroatoms. The SMILES string of the molecule is Cc1csc(Sc2ccc(Cl)cc2CNCC(C)C)n1. The number of rotatable bonds is 6. The second-order valence-corrected chi connectivity index (χ2v) is 7.72. The molecule has 0 aliphatic heterocycles. The summed E-state index contributed by atoms with van der Waals surface area (Å²) in [6.45, 7) is 8.28. The molecule has 0 atom stereocenters. The number of benzene rings is 1. The predicted molar refractivity (Wildman–Crippen MR) is 89.0 cm³/mol. The summed E-state index contributed by atoms with van der Waals surface area (Å²) in [5.74, 6) is 0.645. The number of nitrogens with one attached hydrogen (secondary N) is 1. The Hall–Kier alpha value is -0.550. The Morgan fingerprint density at radius 1 is 1.40 bits per heavy atom. The standard InChI is InChI=1S/C15H19ClN2S2/c1-10(2)7-17-8-12-6-13(16)4-5-14(12)20-15-18-11(3)9-19-15/h4-6,9-10,17H,7-8H2,1-3H3. The molecule has 0 amide bonds. The fourth-order valence-electron chi connectivity index (χ4n) is 1.75. The Bertz CT molecular complexity index is 567. The zero-order valence-corrected chi connectivity index (χ0v) is 14.3.